The molecule has 1 saturated heterocycles. The van der Waals surface area contributed by atoms with Crippen molar-refractivity contribution < 1.29 is 4.74 Å². The summed E-state index contributed by atoms with van der Waals surface area (Å²) in [5.41, 5.74) is 1.25. The van der Waals surface area contributed by atoms with Crippen LogP contribution in [0.5, 0.6) is 0 Å². The van der Waals surface area contributed by atoms with E-state index < -0.39 is 0 Å². The van der Waals surface area contributed by atoms with Crippen LogP contribution in [0.1, 0.15) is 31.4 Å². The van der Waals surface area contributed by atoms with Crippen molar-refractivity contribution in [3.05, 3.63) is 34.9 Å². The van der Waals surface area contributed by atoms with Crippen molar-refractivity contribution in [2.45, 2.75) is 25.8 Å². The Morgan fingerprint density at radius 3 is 2.88 bits per heavy atom. The summed E-state index contributed by atoms with van der Waals surface area (Å²) in [7, 11) is 0. The van der Waals surface area contributed by atoms with Gasteiger partial charge in [-0.05, 0) is 49.9 Å². The first-order valence-electron chi connectivity index (χ1n) is 6.32. The number of hydrogen-bond donors (Lipinski definition) is 1. The molecule has 0 unspecified atom stereocenters. The van der Waals surface area contributed by atoms with E-state index in [0.29, 0.717) is 6.04 Å². The summed E-state index contributed by atoms with van der Waals surface area (Å²) in [5, 5.41) is 4.39. The zero-order chi connectivity index (χ0) is 12.1. The molecule has 1 aliphatic rings. The predicted molar refractivity (Wildman–Crippen MR) is 71.4 cm³/mol. The van der Waals surface area contributed by atoms with Crippen LogP contribution in [0.25, 0.3) is 0 Å². The lowest BCUT2D eigenvalue weighted by Crippen LogP contribution is -2.29. The molecular weight excluding hydrogens is 234 g/mol. The quantitative estimate of drug-likeness (QED) is 0.888. The van der Waals surface area contributed by atoms with E-state index in [1.54, 1.807) is 0 Å². The van der Waals surface area contributed by atoms with Crippen molar-refractivity contribution in [3.8, 4) is 0 Å². The highest BCUT2D eigenvalue weighted by Gasteiger charge is 2.14. The second-order valence-corrected chi connectivity index (χ2v) is 5.18. The number of rotatable bonds is 4. The van der Waals surface area contributed by atoms with E-state index in [1.807, 2.05) is 18.2 Å². The van der Waals surface area contributed by atoms with Crippen molar-refractivity contribution in [1.29, 1.82) is 0 Å². The molecule has 3 heteroatoms. The fourth-order valence-electron chi connectivity index (χ4n) is 2.19. The molecule has 1 aromatic carbocycles. The van der Waals surface area contributed by atoms with Gasteiger partial charge in [0.1, 0.15) is 0 Å². The second-order valence-electron chi connectivity index (χ2n) is 4.74. The van der Waals surface area contributed by atoms with Gasteiger partial charge in [0.2, 0.25) is 0 Å². The normalized spacial score (nSPS) is 19.2. The van der Waals surface area contributed by atoms with Crippen molar-refractivity contribution in [1.82, 2.24) is 5.32 Å². The smallest absolute Gasteiger partial charge is 0.0469 e. The molecule has 0 radical (unpaired) electrons. The van der Waals surface area contributed by atoms with Crippen molar-refractivity contribution in [2.75, 3.05) is 19.8 Å². The van der Waals surface area contributed by atoms with Crippen LogP contribution in [-0.2, 0) is 4.74 Å². The van der Waals surface area contributed by atoms with Crippen LogP contribution in [0.4, 0.5) is 0 Å². The van der Waals surface area contributed by atoms with Gasteiger partial charge in [0.05, 0.1) is 0 Å². The fourth-order valence-corrected chi connectivity index (χ4v) is 2.39. The van der Waals surface area contributed by atoms with E-state index in [-0.39, 0.29) is 0 Å². The first-order valence-corrected chi connectivity index (χ1v) is 6.70. The van der Waals surface area contributed by atoms with Crippen molar-refractivity contribution in [2.24, 2.45) is 5.92 Å². The number of halogens is 1. The Morgan fingerprint density at radius 2 is 2.18 bits per heavy atom. The van der Waals surface area contributed by atoms with Gasteiger partial charge in [0.15, 0.2) is 0 Å². The molecule has 0 amide bonds. The van der Waals surface area contributed by atoms with Gasteiger partial charge in [-0.1, -0.05) is 23.7 Å². The molecule has 17 heavy (non-hydrogen) atoms. The Morgan fingerprint density at radius 1 is 1.41 bits per heavy atom. The molecule has 0 aromatic heterocycles. The van der Waals surface area contributed by atoms with Crippen LogP contribution in [0.3, 0.4) is 0 Å². The lowest BCUT2D eigenvalue weighted by Gasteiger charge is -2.24. The Hall–Kier alpha value is -0.570. The summed E-state index contributed by atoms with van der Waals surface area (Å²) in [6.07, 6.45) is 2.35. The Kier molecular flexibility index (Phi) is 4.84. The van der Waals surface area contributed by atoms with Crippen LogP contribution in [0.2, 0.25) is 5.02 Å². The van der Waals surface area contributed by atoms with Crippen molar-refractivity contribution in [3.63, 3.8) is 0 Å². The monoisotopic (exact) mass is 253 g/mol. The third-order valence-corrected chi connectivity index (χ3v) is 3.64. The predicted octanol–water partition coefficient (Wildman–Crippen LogP) is 3.42. The molecule has 1 N–H and O–H groups in total. The van der Waals surface area contributed by atoms with Crippen LogP contribution in [0.15, 0.2) is 24.3 Å². The number of nitrogens with one attached hydrogen (secondary N) is 1. The van der Waals surface area contributed by atoms with E-state index in [0.717, 1.165) is 30.7 Å². The Bertz CT molecular complexity index is 350. The van der Waals surface area contributed by atoms with Crippen LogP contribution < -0.4 is 5.32 Å². The SMILES string of the molecule is C[C@H](NCC1CCOCC1)c1cccc(Cl)c1. The summed E-state index contributed by atoms with van der Waals surface area (Å²) < 4.78 is 5.36. The van der Waals surface area contributed by atoms with Crippen molar-refractivity contribution >= 4 is 11.6 Å². The van der Waals surface area contributed by atoms with E-state index >= 15 is 0 Å². The van der Waals surface area contributed by atoms with Gasteiger partial charge in [-0.3, -0.25) is 0 Å². The largest absolute Gasteiger partial charge is 0.381 e. The second kappa shape index (κ2) is 6.39. The van der Waals surface area contributed by atoms with Gasteiger partial charge in [-0.25, -0.2) is 0 Å². The van der Waals surface area contributed by atoms with E-state index in [2.05, 4.69) is 18.3 Å². The lowest BCUT2D eigenvalue weighted by atomic mass is 9.99. The third-order valence-electron chi connectivity index (χ3n) is 3.40. The maximum Gasteiger partial charge on any atom is 0.0469 e. The molecule has 1 heterocycles. The summed E-state index contributed by atoms with van der Waals surface area (Å²) in [6.45, 7) is 5.08. The molecule has 2 rings (SSSR count). The average molecular weight is 254 g/mol. The summed E-state index contributed by atoms with van der Waals surface area (Å²) in [5.74, 6) is 0.755. The summed E-state index contributed by atoms with van der Waals surface area (Å²) in [4.78, 5) is 0. The van der Waals surface area contributed by atoms with E-state index in [4.69, 9.17) is 16.3 Å². The Balaban J connectivity index is 1.82. The fraction of sp³-hybridized carbons (Fsp3) is 0.571. The summed E-state index contributed by atoms with van der Waals surface area (Å²) in [6, 6.07) is 8.42. The van der Waals surface area contributed by atoms with Gasteiger partial charge in [0.25, 0.3) is 0 Å². The molecule has 0 spiro atoms. The molecule has 0 saturated carbocycles. The molecule has 0 aliphatic carbocycles. The molecule has 0 bridgehead atoms. The van der Waals surface area contributed by atoms with E-state index in [9.17, 15) is 0 Å². The molecular formula is C14H20ClNO. The zero-order valence-electron chi connectivity index (χ0n) is 10.3. The number of ether oxygens (including phenoxy) is 1. The van der Waals surface area contributed by atoms with Gasteiger partial charge in [-0.2, -0.15) is 0 Å². The first-order chi connectivity index (χ1) is 8.25. The summed E-state index contributed by atoms with van der Waals surface area (Å²) >= 11 is 5.99. The minimum Gasteiger partial charge on any atom is -0.381 e. The molecule has 1 atom stereocenters. The van der Waals surface area contributed by atoms with Crippen LogP contribution in [-0.4, -0.2) is 19.8 Å². The van der Waals surface area contributed by atoms with Crippen LogP contribution in [0, 0.1) is 5.92 Å². The average Bonchev–Trinajstić information content (AvgIpc) is 2.37. The third kappa shape index (κ3) is 3.98. The topological polar surface area (TPSA) is 21.3 Å². The van der Waals surface area contributed by atoms with Crippen LogP contribution >= 0.6 is 11.6 Å². The van der Waals surface area contributed by atoms with Gasteiger partial charge in [-0.15, -0.1) is 0 Å². The lowest BCUT2D eigenvalue weighted by molar-refractivity contribution is 0.0656. The minimum absolute atomic E-state index is 0.358. The molecule has 1 aromatic rings. The van der Waals surface area contributed by atoms with Gasteiger partial charge < -0.3 is 10.1 Å². The highest BCUT2D eigenvalue weighted by molar-refractivity contribution is 6.30. The standard InChI is InChI=1S/C14H20ClNO/c1-11(13-3-2-4-14(15)9-13)16-10-12-5-7-17-8-6-12/h2-4,9,11-12,16H,5-8,10H2,1H3/t11-/m0/s1. The highest BCUT2D eigenvalue weighted by atomic mass is 35.5. The first kappa shape index (κ1) is 12.9. The molecule has 94 valence electrons. The molecule has 2 nitrogen and oxygen atoms in total. The zero-order valence-corrected chi connectivity index (χ0v) is 11.0. The molecule has 1 fully saturated rings. The number of hydrogen-bond acceptors (Lipinski definition) is 2. The maximum atomic E-state index is 5.99. The highest BCUT2D eigenvalue weighted by Crippen LogP contribution is 2.19. The number of benzene rings is 1. The van der Waals surface area contributed by atoms with Gasteiger partial charge >= 0.3 is 0 Å². The van der Waals surface area contributed by atoms with E-state index in [1.165, 1.54) is 18.4 Å². The Labute approximate surface area is 108 Å². The molecule has 1 aliphatic heterocycles. The minimum atomic E-state index is 0.358. The maximum absolute atomic E-state index is 5.99. The van der Waals surface area contributed by atoms with Gasteiger partial charge in [0, 0.05) is 24.3 Å².